The average molecular weight is 288 g/mol. The molecule has 0 atom stereocenters. The van der Waals surface area contributed by atoms with Gasteiger partial charge < -0.3 is 10.2 Å². The van der Waals surface area contributed by atoms with Crippen LogP contribution in [0.3, 0.4) is 0 Å². The summed E-state index contributed by atoms with van der Waals surface area (Å²) in [5.74, 6) is 0. The molecular formula is C7H12Br2O2. The van der Waals surface area contributed by atoms with Crippen molar-refractivity contribution >= 4 is 31.9 Å². The van der Waals surface area contributed by atoms with E-state index in [9.17, 15) is 10.2 Å². The molecular weight excluding hydrogens is 276 g/mol. The van der Waals surface area contributed by atoms with Gasteiger partial charge >= 0.3 is 0 Å². The maximum atomic E-state index is 9.17. The molecule has 0 aromatic carbocycles. The summed E-state index contributed by atoms with van der Waals surface area (Å²) >= 11 is 6.01. The summed E-state index contributed by atoms with van der Waals surface area (Å²) in [4.78, 5) is 0. The minimum Gasteiger partial charge on any atom is -0.353 e. The molecule has 66 valence electrons. The number of allylic oxidation sites excluding steroid dienone is 1. The molecule has 0 saturated heterocycles. The van der Waals surface area contributed by atoms with Crippen LogP contribution in [0.1, 0.15) is 20.3 Å². The number of hydrogen-bond donors (Lipinski definition) is 2. The smallest absolute Gasteiger partial charge is 0.245 e. The Hall–Kier alpha value is 0.620. The van der Waals surface area contributed by atoms with E-state index < -0.39 is 4.70 Å². The number of rotatable bonds is 3. The van der Waals surface area contributed by atoms with Crippen LogP contribution in [0.5, 0.6) is 0 Å². The summed E-state index contributed by atoms with van der Waals surface area (Å²) in [5, 5.41) is 19.1. The van der Waals surface area contributed by atoms with Gasteiger partial charge in [0.15, 0.2) is 0 Å². The fraction of sp³-hybridized carbons (Fsp3) is 0.714. The van der Waals surface area contributed by atoms with E-state index in [1.54, 1.807) is 0 Å². The van der Waals surface area contributed by atoms with Crippen LogP contribution in [0, 0.1) is 0 Å². The third kappa shape index (κ3) is 4.25. The maximum absolute atomic E-state index is 9.17. The molecule has 0 aliphatic carbocycles. The van der Waals surface area contributed by atoms with Crippen molar-refractivity contribution in [3.8, 4) is 0 Å². The molecule has 2 N–H and O–H groups in total. The van der Waals surface area contributed by atoms with Gasteiger partial charge in [0.2, 0.25) is 4.70 Å². The van der Waals surface area contributed by atoms with Gasteiger partial charge in [-0.25, -0.2) is 0 Å². The molecule has 0 rings (SSSR count). The van der Waals surface area contributed by atoms with E-state index >= 15 is 0 Å². The highest BCUT2D eigenvalue weighted by Crippen LogP contribution is 2.27. The maximum Gasteiger partial charge on any atom is 0.245 e. The van der Waals surface area contributed by atoms with Gasteiger partial charge in [-0.1, -0.05) is 21.5 Å². The zero-order valence-corrected chi connectivity index (χ0v) is 9.74. The van der Waals surface area contributed by atoms with Crippen molar-refractivity contribution < 1.29 is 10.2 Å². The standard InChI is InChI=1S/C7H12Br2O2/c1-5(2)6(3-4-8)7(9,10)11/h10-11H,3-4H2,1-2H3. The van der Waals surface area contributed by atoms with Gasteiger partial charge in [0.05, 0.1) is 0 Å². The van der Waals surface area contributed by atoms with E-state index in [-0.39, 0.29) is 0 Å². The topological polar surface area (TPSA) is 40.5 Å². The predicted molar refractivity (Wildman–Crippen MR) is 52.9 cm³/mol. The van der Waals surface area contributed by atoms with Gasteiger partial charge in [-0.05, 0) is 41.8 Å². The Morgan fingerprint density at radius 1 is 1.36 bits per heavy atom. The lowest BCUT2D eigenvalue weighted by atomic mass is 10.1. The first-order chi connectivity index (χ1) is 4.89. The predicted octanol–water partition coefficient (Wildman–Crippen LogP) is 2.14. The van der Waals surface area contributed by atoms with Gasteiger partial charge in [0.1, 0.15) is 0 Å². The Balaban J connectivity index is 4.50. The van der Waals surface area contributed by atoms with E-state index in [1.807, 2.05) is 13.8 Å². The van der Waals surface area contributed by atoms with Crippen LogP contribution in [-0.4, -0.2) is 20.2 Å². The Kier molecular flexibility index (Phi) is 4.86. The number of aliphatic hydroxyl groups is 2. The van der Waals surface area contributed by atoms with Crippen LogP contribution < -0.4 is 0 Å². The highest BCUT2D eigenvalue weighted by molar-refractivity contribution is 9.10. The van der Waals surface area contributed by atoms with Crippen LogP contribution >= 0.6 is 31.9 Å². The molecule has 0 unspecified atom stereocenters. The first-order valence-electron chi connectivity index (χ1n) is 3.26. The third-order valence-electron chi connectivity index (χ3n) is 1.33. The van der Waals surface area contributed by atoms with E-state index in [4.69, 9.17) is 0 Å². The third-order valence-corrected chi connectivity index (χ3v) is 2.21. The monoisotopic (exact) mass is 286 g/mol. The molecule has 0 aromatic heterocycles. The van der Waals surface area contributed by atoms with Crippen molar-refractivity contribution in [3.05, 3.63) is 11.1 Å². The lowest BCUT2D eigenvalue weighted by molar-refractivity contribution is -0.0386. The van der Waals surface area contributed by atoms with Crippen molar-refractivity contribution in [3.63, 3.8) is 0 Å². The molecule has 0 spiro atoms. The van der Waals surface area contributed by atoms with Gasteiger partial charge in [0, 0.05) is 5.33 Å². The fourth-order valence-corrected chi connectivity index (χ4v) is 1.81. The molecule has 4 heteroatoms. The van der Waals surface area contributed by atoms with Gasteiger partial charge in [-0.3, -0.25) is 0 Å². The van der Waals surface area contributed by atoms with Crippen molar-refractivity contribution in [1.82, 2.24) is 0 Å². The van der Waals surface area contributed by atoms with Crippen molar-refractivity contribution in [1.29, 1.82) is 0 Å². The highest BCUT2D eigenvalue weighted by atomic mass is 79.9. The first-order valence-corrected chi connectivity index (χ1v) is 5.17. The van der Waals surface area contributed by atoms with Crippen LogP contribution in [-0.2, 0) is 0 Å². The molecule has 0 fully saturated rings. The highest BCUT2D eigenvalue weighted by Gasteiger charge is 2.24. The second-order valence-corrected chi connectivity index (χ2v) is 4.40. The molecule has 0 bridgehead atoms. The summed E-state index contributed by atoms with van der Waals surface area (Å²) < 4.78 is -1.85. The lowest BCUT2D eigenvalue weighted by Crippen LogP contribution is -2.23. The molecule has 0 aliphatic heterocycles. The molecule has 0 saturated carbocycles. The van der Waals surface area contributed by atoms with E-state index in [0.717, 1.165) is 10.9 Å². The largest absolute Gasteiger partial charge is 0.353 e. The van der Waals surface area contributed by atoms with Gasteiger partial charge in [0.25, 0.3) is 0 Å². The Morgan fingerprint density at radius 2 is 1.82 bits per heavy atom. The lowest BCUT2D eigenvalue weighted by Gasteiger charge is -2.19. The Morgan fingerprint density at radius 3 is 1.91 bits per heavy atom. The zero-order valence-electron chi connectivity index (χ0n) is 6.56. The minimum atomic E-state index is -1.85. The Bertz CT molecular complexity index is 154. The van der Waals surface area contributed by atoms with Gasteiger partial charge in [-0.15, -0.1) is 0 Å². The summed E-state index contributed by atoms with van der Waals surface area (Å²) in [6.45, 7) is 3.70. The van der Waals surface area contributed by atoms with Crippen LogP contribution in [0.25, 0.3) is 0 Å². The van der Waals surface area contributed by atoms with Crippen LogP contribution in [0.15, 0.2) is 11.1 Å². The van der Waals surface area contributed by atoms with Gasteiger partial charge in [-0.2, -0.15) is 0 Å². The summed E-state index contributed by atoms with van der Waals surface area (Å²) in [6.07, 6.45) is 0.626. The first kappa shape index (κ1) is 11.6. The number of hydrogen-bond acceptors (Lipinski definition) is 2. The zero-order chi connectivity index (χ0) is 9.07. The summed E-state index contributed by atoms with van der Waals surface area (Å²) in [6, 6.07) is 0. The number of halogens is 2. The number of alkyl halides is 2. The molecule has 0 radical (unpaired) electrons. The Labute approximate surface area is 83.6 Å². The second-order valence-electron chi connectivity index (χ2n) is 2.50. The normalized spacial score (nSPS) is 11.5. The molecule has 0 amide bonds. The van der Waals surface area contributed by atoms with Crippen LogP contribution in [0.4, 0.5) is 0 Å². The minimum absolute atomic E-state index is 0.606. The van der Waals surface area contributed by atoms with Crippen LogP contribution in [0.2, 0.25) is 0 Å². The molecule has 0 heterocycles. The van der Waals surface area contributed by atoms with Crippen molar-refractivity contribution in [2.75, 3.05) is 5.33 Å². The fourth-order valence-electron chi connectivity index (χ4n) is 0.822. The quantitative estimate of drug-likeness (QED) is 0.474. The van der Waals surface area contributed by atoms with E-state index in [1.165, 1.54) is 0 Å². The summed E-state index contributed by atoms with van der Waals surface area (Å²) in [7, 11) is 0. The average Bonchev–Trinajstić information content (AvgIpc) is 1.79. The molecule has 0 aromatic rings. The molecule has 0 aliphatic rings. The second kappa shape index (κ2) is 4.60. The SMILES string of the molecule is CC(C)=C(CCBr)C(O)(O)Br. The van der Waals surface area contributed by atoms with E-state index in [0.29, 0.717) is 12.0 Å². The van der Waals surface area contributed by atoms with Crippen molar-refractivity contribution in [2.24, 2.45) is 0 Å². The summed E-state index contributed by atoms with van der Waals surface area (Å²) in [5.41, 5.74) is 1.53. The molecule has 2 nitrogen and oxygen atoms in total. The molecule has 11 heavy (non-hydrogen) atoms. The van der Waals surface area contributed by atoms with E-state index in [2.05, 4.69) is 31.9 Å². The van der Waals surface area contributed by atoms with Crippen molar-refractivity contribution in [2.45, 2.75) is 25.0 Å².